The highest BCUT2D eigenvalue weighted by Gasteiger charge is 2.18. The molecule has 0 saturated heterocycles. The molecule has 0 aliphatic heterocycles. The van der Waals surface area contributed by atoms with Crippen LogP contribution in [0, 0.1) is 0 Å². The summed E-state index contributed by atoms with van der Waals surface area (Å²) in [4.78, 5) is 21.1. The molecule has 0 saturated carbocycles. The van der Waals surface area contributed by atoms with Crippen LogP contribution in [0.2, 0.25) is 0 Å². The van der Waals surface area contributed by atoms with Crippen molar-refractivity contribution in [3.8, 4) is 17.4 Å². The maximum atomic E-state index is 13.2. The average molecular weight is 551 g/mol. The van der Waals surface area contributed by atoms with E-state index in [-0.39, 0.29) is 17.4 Å². The summed E-state index contributed by atoms with van der Waals surface area (Å²) in [6.45, 7) is 2.06. The highest BCUT2D eigenvalue weighted by Crippen LogP contribution is 2.37. The lowest BCUT2D eigenvalue weighted by Gasteiger charge is -2.18. The zero-order valence-corrected chi connectivity index (χ0v) is 22.6. The number of carbonyl (C=O) groups excluding carboxylic acids is 1. The van der Waals surface area contributed by atoms with E-state index in [0.29, 0.717) is 29.4 Å². The summed E-state index contributed by atoms with van der Waals surface area (Å²) < 4.78 is 37.8. The van der Waals surface area contributed by atoms with Gasteiger partial charge in [0, 0.05) is 23.0 Å². The molecule has 204 valence electrons. The number of unbranched alkanes of at least 4 members (excludes halogenated alkanes) is 1. The number of ether oxygens (including phenoxy) is 2. The number of carbonyl (C=O) groups is 1. The Morgan fingerprint density at radius 2 is 1.72 bits per heavy atom. The van der Waals surface area contributed by atoms with Gasteiger partial charge in [-0.15, -0.1) is 0 Å². The van der Waals surface area contributed by atoms with Crippen LogP contribution >= 0.6 is 0 Å². The molecule has 5 N–H and O–H groups in total. The lowest BCUT2D eigenvalue weighted by molar-refractivity contribution is 0.262. The number of sulfonamides is 1. The molecule has 0 spiro atoms. The van der Waals surface area contributed by atoms with Crippen molar-refractivity contribution in [3.05, 3.63) is 66.4 Å². The SMILES string of the molecule is CCCCc1cc(NC(=O)Nc2ccc(Oc3ccnc(N)n3)c3ccccc23)c(OC)c(NS(C)(=O)=O)c1. The zero-order chi connectivity index (χ0) is 28.0. The van der Waals surface area contributed by atoms with Gasteiger partial charge < -0.3 is 25.8 Å². The van der Waals surface area contributed by atoms with Crippen LogP contribution in [-0.2, 0) is 16.4 Å². The summed E-state index contributed by atoms with van der Waals surface area (Å²) in [5, 5.41) is 7.15. The second-order valence-corrected chi connectivity index (χ2v) is 10.5. The number of aromatic nitrogens is 2. The standard InChI is InChI=1S/C27H30N6O5S/c1-4-5-8-17-15-21(25(37-2)22(16-17)33-39(3,35)36)31-27(34)30-20-11-12-23(19-10-7-6-9-18(19)20)38-24-13-14-29-26(28)32-24/h6-7,9-16,33H,4-5,8H2,1-3H3,(H2,28,29,32)(H2,30,31,34). The van der Waals surface area contributed by atoms with E-state index in [1.807, 2.05) is 24.3 Å². The monoisotopic (exact) mass is 550 g/mol. The first-order valence-corrected chi connectivity index (χ1v) is 14.1. The Balaban J connectivity index is 1.63. The maximum Gasteiger partial charge on any atom is 0.323 e. The summed E-state index contributed by atoms with van der Waals surface area (Å²) in [6.07, 6.45) is 5.13. The molecule has 0 bridgehead atoms. The van der Waals surface area contributed by atoms with Crippen LogP contribution in [0.3, 0.4) is 0 Å². The van der Waals surface area contributed by atoms with Crippen molar-refractivity contribution in [1.82, 2.24) is 9.97 Å². The van der Waals surface area contributed by atoms with Gasteiger partial charge in [-0.2, -0.15) is 4.98 Å². The highest BCUT2D eigenvalue weighted by molar-refractivity contribution is 7.92. The Bertz CT molecular complexity index is 1610. The second kappa shape index (κ2) is 11.9. The number of nitrogens with one attached hydrogen (secondary N) is 3. The van der Waals surface area contributed by atoms with E-state index in [2.05, 4.69) is 32.2 Å². The number of hydrogen-bond acceptors (Lipinski definition) is 8. The molecular weight excluding hydrogens is 520 g/mol. The Morgan fingerprint density at radius 3 is 2.41 bits per heavy atom. The largest absolute Gasteiger partial charge is 0.492 e. The van der Waals surface area contributed by atoms with Crippen molar-refractivity contribution < 1.29 is 22.7 Å². The van der Waals surface area contributed by atoms with E-state index < -0.39 is 16.1 Å². The fourth-order valence-corrected chi connectivity index (χ4v) is 4.62. The number of nitrogens with two attached hydrogens (primary N) is 1. The molecule has 11 nitrogen and oxygen atoms in total. The summed E-state index contributed by atoms with van der Waals surface area (Å²) in [5.41, 5.74) is 7.64. The third kappa shape index (κ3) is 7.05. The summed E-state index contributed by atoms with van der Waals surface area (Å²) >= 11 is 0. The summed E-state index contributed by atoms with van der Waals surface area (Å²) in [6, 6.07) is 15.4. The van der Waals surface area contributed by atoms with Gasteiger partial charge in [0.1, 0.15) is 5.75 Å². The van der Waals surface area contributed by atoms with E-state index in [1.165, 1.54) is 13.3 Å². The Morgan fingerprint density at radius 1 is 1.00 bits per heavy atom. The van der Waals surface area contributed by atoms with Gasteiger partial charge in [0.2, 0.25) is 21.9 Å². The highest BCUT2D eigenvalue weighted by atomic mass is 32.2. The van der Waals surface area contributed by atoms with Crippen LogP contribution in [0.25, 0.3) is 10.8 Å². The van der Waals surface area contributed by atoms with Crippen molar-refractivity contribution in [2.45, 2.75) is 26.2 Å². The number of anilines is 4. The number of urea groups is 1. The van der Waals surface area contributed by atoms with Crippen molar-refractivity contribution >= 4 is 49.8 Å². The fourth-order valence-electron chi connectivity index (χ4n) is 4.07. The van der Waals surface area contributed by atoms with Crippen molar-refractivity contribution in [1.29, 1.82) is 0 Å². The number of rotatable bonds is 10. The van der Waals surface area contributed by atoms with E-state index in [1.54, 1.807) is 30.3 Å². The normalized spacial score (nSPS) is 11.2. The van der Waals surface area contributed by atoms with Crippen LogP contribution in [0.4, 0.5) is 27.8 Å². The van der Waals surface area contributed by atoms with Gasteiger partial charge in [-0.05, 0) is 42.7 Å². The Hall–Kier alpha value is -4.58. The van der Waals surface area contributed by atoms with Gasteiger partial charge in [-0.25, -0.2) is 18.2 Å². The molecule has 0 unspecified atom stereocenters. The Kier molecular flexibility index (Phi) is 8.35. The molecule has 4 aromatic rings. The zero-order valence-electron chi connectivity index (χ0n) is 21.8. The van der Waals surface area contributed by atoms with Crippen LogP contribution in [-0.4, -0.2) is 37.8 Å². The molecule has 0 aliphatic carbocycles. The molecule has 0 atom stereocenters. The van der Waals surface area contributed by atoms with Gasteiger partial charge in [-0.1, -0.05) is 37.6 Å². The fraction of sp³-hybridized carbons (Fsp3) is 0.222. The first-order chi connectivity index (χ1) is 18.7. The predicted molar refractivity (Wildman–Crippen MR) is 153 cm³/mol. The topological polar surface area (TPSA) is 158 Å². The van der Waals surface area contributed by atoms with Crippen molar-refractivity contribution in [2.75, 3.05) is 34.5 Å². The molecule has 3 aromatic carbocycles. The van der Waals surface area contributed by atoms with E-state index in [4.69, 9.17) is 15.2 Å². The van der Waals surface area contributed by atoms with Gasteiger partial charge in [-0.3, -0.25) is 4.72 Å². The van der Waals surface area contributed by atoms with Crippen LogP contribution in [0.15, 0.2) is 60.8 Å². The van der Waals surface area contributed by atoms with Gasteiger partial charge in [0.15, 0.2) is 5.75 Å². The second-order valence-electron chi connectivity index (χ2n) is 8.79. The molecule has 0 aliphatic rings. The minimum atomic E-state index is -3.58. The average Bonchev–Trinajstić information content (AvgIpc) is 2.88. The number of hydrogen-bond donors (Lipinski definition) is 4. The molecule has 2 amide bonds. The first-order valence-electron chi connectivity index (χ1n) is 12.2. The molecule has 1 heterocycles. The molecule has 12 heteroatoms. The molecule has 0 radical (unpaired) electrons. The number of amides is 2. The van der Waals surface area contributed by atoms with Crippen LogP contribution in [0.5, 0.6) is 17.4 Å². The minimum absolute atomic E-state index is 0.0934. The third-order valence-corrected chi connectivity index (χ3v) is 6.30. The van der Waals surface area contributed by atoms with Crippen LogP contribution in [0.1, 0.15) is 25.3 Å². The molecule has 4 rings (SSSR count). The number of fused-ring (bicyclic) bond motifs is 1. The molecule has 0 fully saturated rings. The first kappa shape index (κ1) is 27.5. The lowest BCUT2D eigenvalue weighted by Crippen LogP contribution is -2.21. The molecular formula is C27H30N6O5S. The maximum absolute atomic E-state index is 13.2. The van der Waals surface area contributed by atoms with E-state index in [0.717, 1.165) is 35.4 Å². The quantitative estimate of drug-likeness (QED) is 0.205. The minimum Gasteiger partial charge on any atom is -0.492 e. The molecule has 1 aromatic heterocycles. The van der Waals surface area contributed by atoms with Crippen LogP contribution < -0.4 is 30.6 Å². The lowest BCUT2D eigenvalue weighted by atomic mass is 10.1. The van der Waals surface area contributed by atoms with Crippen molar-refractivity contribution in [3.63, 3.8) is 0 Å². The number of aryl methyl sites for hydroxylation is 1. The van der Waals surface area contributed by atoms with E-state index >= 15 is 0 Å². The molecule has 39 heavy (non-hydrogen) atoms. The Labute approximate surface area is 226 Å². The summed E-state index contributed by atoms with van der Waals surface area (Å²) in [7, 11) is -2.17. The smallest absolute Gasteiger partial charge is 0.323 e. The third-order valence-electron chi connectivity index (χ3n) is 5.71. The van der Waals surface area contributed by atoms with E-state index in [9.17, 15) is 13.2 Å². The summed E-state index contributed by atoms with van der Waals surface area (Å²) in [5.74, 6) is 1.11. The number of nitrogens with zero attached hydrogens (tertiary/aromatic N) is 2. The number of nitrogen functional groups attached to an aromatic ring is 1. The van der Waals surface area contributed by atoms with Gasteiger partial charge in [0.05, 0.1) is 30.4 Å². The van der Waals surface area contributed by atoms with Crippen molar-refractivity contribution in [2.24, 2.45) is 0 Å². The predicted octanol–water partition coefficient (Wildman–Crippen LogP) is 5.37. The van der Waals surface area contributed by atoms with Gasteiger partial charge >= 0.3 is 6.03 Å². The van der Waals surface area contributed by atoms with Gasteiger partial charge in [0.25, 0.3) is 0 Å². The number of methoxy groups -OCH3 is 1. The number of benzene rings is 3.